The van der Waals surface area contributed by atoms with Crippen molar-refractivity contribution < 1.29 is 17.9 Å². The van der Waals surface area contributed by atoms with Gasteiger partial charge in [-0.25, -0.2) is 0 Å². The summed E-state index contributed by atoms with van der Waals surface area (Å²) in [6.07, 6.45) is -4.53. The first-order valence-corrected chi connectivity index (χ1v) is 5.64. The van der Waals surface area contributed by atoms with E-state index >= 15 is 0 Å². The zero-order valence-electron chi connectivity index (χ0n) is 9.95. The minimum atomic E-state index is -4.53. The Labute approximate surface area is 124 Å². The first-order chi connectivity index (χ1) is 8.86. The van der Waals surface area contributed by atoms with Crippen LogP contribution in [0.2, 0.25) is 5.02 Å². The molecule has 0 atom stereocenters. The third kappa shape index (κ3) is 3.95. The zero-order chi connectivity index (χ0) is 14.0. The Morgan fingerprint density at radius 1 is 1.00 bits per heavy atom. The average Bonchev–Trinajstić information content (AvgIpc) is 2.33. The van der Waals surface area contributed by atoms with Crippen molar-refractivity contribution in [3.63, 3.8) is 0 Å². The molecule has 0 heterocycles. The van der Waals surface area contributed by atoms with Crippen molar-refractivity contribution >= 4 is 29.7 Å². The van der Waals surface area contributed by atoms with Crippen molar-refractivity contribution in [2.45, 2.75) is 6.18 Å². The lowest BCUT2D eigenvalue weighted by Crippen LogP contribution is -2.08. The topological polar surface area (TPSA) is 35.2 Å². The molecule has 0 spiro atoms. The van der Waals surface area contributed by atoms with E-state index in [0.29, 0.717) is 5.02 Å². The highest BCUT2D eigenvalue weighted by atomic mass is 35.5. The Hall–Kier alpha value is -1.59. The fourth-order valence-corrected chi connectivity index (χ4v) is 1.61. The molecule has 2 aromatic rings. The molecule has 0 fully saturated rings. The Morgan fingerprint density at radius 3 is 2.15 bits per heavy atom. The number of alkyl halides is 3. The summed E-state index contributed by atoms with van der Waals surface area (Å²) >= 11 is 5.69. The van der Waals surface area contributed by atoms with Gasteiger partial charge in [0.2, 0.25) is 0 Å². The van der Waals surface area contributed by atoms with Gasteiger partial charge >= 0.3 is 6.18 Å². The van der Waals surface area contributed by atoms with Gasteiger partial charge in [0.1, 0.15) is 17.1 Å². The van der Waals surface area contributed by atoms with E-state index in [9.17, 15) is 13.2 Å². The molecule has 0 unspecified atom stereocenters. The molecule has 0 amide bonds. The van der Waals surface area contributed by atoms with E-state index in [-0.39, 0.29) is 29.6 Å². The van der Waals surface area contributed by atoms with Gasteiger partial charge in [-0.3, -0.25) is 0 Å². The maximum atomic E-state index is 12.8. The second kappa shape index (κ2) is 6.24. The van der Waals surface area contributed by atoms with Crippen molar-refractivity contribution in [2.24, 2.45) is 0 Å². The first kappa shape index (κ1) is 16.5. The van der Waals surface area contributed by atoms with E-state index in [0.717, 1.165) is 6.07 Å². The van der Waals surface area contributed by atoms with Crippen LogP contribution < -0.4 is 10.5 Å². The number of nitrogen functional groups attached to an aromatic ring is 1. The molecule has 0 aliphatic rings. The Kier molecular flexibility index (Phi) is 5.14. The predicted octanol–water partition coefficient (Wildman–Crippen LogP) is 5.16. The third-order valence-electron chi connectivity index (χ3n) is 2.35. The van der Waals surface area contributed by atoms with Gasteiger partial charge in [0.15, 0.2) is 0 Å². The molecule has 2 N–H and O–H groups in total. The largest absolute Gasteiger partial charge is 0.457 e. The average molecular weight is 324 g/mol. The van der Waals surface area contributed by atoms with Crippen molar-refractivity contribution in [3.8, 4) is 11.5 Å². The number of ether oxygens (including phenoxy) is 1. The molecule has 2 rings (SSSR count). The molecule has 0 aromatic heterocycles. The van der Waals surface area contributed by atoms with Crippen LogP contribution in [0.15, 0.2) is 42.5 Å². The number of hydrogen-bond acceptors (Lipinski definition) is 2. The van der Waals surface area contributed by atoms with E-state index in [1.54, 1.807) is 0 Å². The van der Waals surface area contributed by atoms with Gasteiger partial charge in [-0.1, -0.05) is 11.6 Å². The molecule has 0 radical (unpaired) electrons. The molecule has 0 aliphatic heterocycles. The number of anilines is 1. The Balaban J connectivity index is 0.00000200. The van der Waals surface area contributed by atoms with Crippen LogP contribution >= 0.6 is 24.0 Å². The lowest BCUT2D eigenvalue weighted by molar-refractivity contribution is -0.138. The van der Waals surface area contributed by atoms with Crippen molar-refractivity contribution in [2.75, 3.05) is 5.73 Å². The molecular weight excluding hydrogens is 314 g/mol. The van der Waals surface area contributed by atoms with Gasteiger partial charge in [-0.05, 0) is 42.5 Å². The summed E-state index contributed by atoms with van der Waals surface area (Å²) in [6, 6.07) is 9.40. The highest BCUT2D eigenvalue weighted by Gasteiger charge is 2.34. The lowest BCUT2D eigenvalue weighted by atomic mass is 10.1. The van der Waals surface area contributed by atoms with Gasteiger partial charge in [0.25, 0.3) is 0 Å². The highest BCUT2D eigenvalue weighted by Crippen LogP contribution is 2.39. The summed E-state index contributed by atoms with van der Waals surface area (Å²) < 4.78 is 43.7. The second-order valence-corrected chi connectivity index (χ2v) is 4.25. The molecule has 2 nitrogen and oxygen atoms in total. The molecule has 0 saturated heterocycles. The number of nitrogens with two attached hydrogens (primary N) is 1. The smallest absolute Gasteiger partial charge is 0.420 e. The number of rotatable bonds is 2. The van der Waals surface area contributed by atoms with E-state index in [1.165, 1.54) is 36.4 Å². The van der Waals surface area contributed by atoms with Crippen LogP contribution in [-0.2, 0) is 6.18 Å². The minimum Gasteiger partial charge on any atom is -0.457 e. The molecule has 2 aromatic carbocycles. The molecule has 0 bridgehead atoms. The van der Waals surface area contributed by atoms with Crippen LogP contribution in [0.3, 0.4) is 0 Å². The summed E-state index contributed by atoms with van der Waals surface area (Å²) in [5, 5.41) is 0.473. The van der Waals surface area contributed by atoms with Crippen LogP contribution in [0.1, 0.15) is 5.56 Å². The normalized spacial score (nSPS) is 10.8. The van der Waals surface area contributed by atoms with Crippen molar-refractivity contribution in [3.05, 3.63) is 53.1 Å². The summed E-state index contributed by atoms with van der Waals surface area (Å²) in [6.45, 7) is 0. The summed E-state index contributed by atoms with van der Waals surface area (Å²) in [5.74, 6) is -0.0382. The van der Waals surface area contributed by atoms with E-state index in [2.05, 4.69) is 0 Å². The van der Waals surface area contributed by atoms with Crippen LogP contribution in [0.5, 0.6) is 11.5 Å². The predicted molar refractivity (Wildman–Crippen MR) is 74.6 cm³/mol. The Morgan fingerprint density at radius 2 is 1.60 bits per heavy atom. The lowest BCUT2D eigenvalue weighted by Gasteiger charge is -2.14. The van der Waals surface area contributed by atoms with Crippen molar-refractivity contribution in [1.29, 1.82) is 0 Å². The highest BCUT2D eigenvalue weighted by molar-refractivity contribution is 6.30. The fraction of sp³-hybridized carbons (Fsp3) is 0.0769. The quantitative estimate of drug-likeness (QED) is 0.775. The molecule has 0 aliphatic carbocycles. The monoisotopic (exact) mass is 323 g/mol. The zero-order valence-corrected chi connectivity index (χ0v) is 11.5. The maximum Gasteiger partial charge on any atom is 0.420 e. The van der Waals surface area contributed by atoms with Crippen LogP contribution in [0.25, 0.3) is 0 Å². The van der Waals surface area contributed by atoms with Gasteiger partial charge in [0, 0.05) is 10.7 Å². The summed E-state index contributed by atoms with van der Waals surface area (Å²) in [7, 11) is 0. The molecule has 20 heavy (non-hydrogen) atoms. The second-order valence-electron chi connectivity index (χ2n) is 3.81. The van der Waals surface area contributed by atoms with Gasteiger partial charge in [0.05, 0.1) is 0 Å². The third-order valence-corrected chi connectivity index (χ3v) is 2.60. The number of benzene rings is 2. The molecular formula is C13H10Cl2F3NO. The van der Waals surface area contributed by atoms with Gasteiger partial charge in [-0.15, -0.1) is 12.4 Å². The van der Waals surface area contributed by atoms with E-state index in [4.69, 9.17) is 22.1 Å². The van der Waals surface area contributed by atoms with Crippen LogP contribution in [0.4, 0.5) is 18.9 Å². The molecule has 0 saturated carbocycles. The van der Waals surface area contributed by atoms with Crippen molar-refractivity contribution in [1.82, 2.24) is 0 Å². The molecule has 7 heteroatoms. The van der Waals surface area contributed by atoms with Crippen LogP contribution in [-0.4, -0.2) is 0 Å². The van der Waals surface area contributed by atoms with E-state index < -0.39 is 11.7 Å². The minimum absolute atomic E-state index is 0. The molecule has 108 valence electrons. The standard InChI is InChI=1S/C13H9ClF3NO.ClH/c14-8-1-4-10(5-2-8)19-12-6-3-9(18)7-11(12)13(15,16)17;/h1-7H,18H2;1H. The summed E-state index contributed by atoms with van der Waals surface area (Å²) in [5.41, 5.74) is 4.47. The van der Waals surface area contributed by atoms with E-state index in [1.807, 2.05) is 0 Å². The van der Waals surface area contributed by atoms with Crippen LogP contribution in [0, 0.1) is 0 Å². The van der Waals surface area contributed by atoms with Gasteiger partial charge < -0.3 is 10.5 Å². The summed E-state index contributed by atoms with van der Waals surface area (Å²) in [4.78, 5) is 0. The number of hydrogen-bond donors (Lipinski definition) is 1. The SMILES string of the molecule is Cl.Nc1ccc(Oc2ccc(Cl)cc2)c(C(F)(F)F)c1. The maximum absolute atomic E-state index is 12.8. The Bertz CT molecular complexity index is 585. The fourth-order valence-electron chi connectivity index (χ4n) is 1.49. The first-order valence-electron chi connectivity index (χ1n) is 5.26. The van der Waals surface area contributed by atoms with Gasteiger partial charge in [-0.2, -0.15) is 13.2 Å². The number of halogens is 5.